The van der Waals surface area contributed by atoms with Crippen LogP contribution < -0.4 is 0 Å². The Bertz CT molecular complexity index is 1210. The molecule has 5 nitrogen and oxygen atoms in total. The average molecular weight is 484 g/mol. The lowest BCUT2D eigenvalue weighted by Gasteiger charge is -2.36. The molecule has 2 heterocycles. The van der Waals surface area contributed by atoms with Gasteiger partial charge in [-0.05, 0) is 48.5 Å². The summed E-state index contributed by atoms with van der Waals surface area (Å²) in [4.78, 5) is 18.7. The zero-order chi connectivity index (χ0) is 25.2. The van der Waals surface area contributed by atoms with Gasteiger partial charge >= 0.3 is 6.09 Å². The molecule has 1 saturated heterocycles. The largest absolute Gasteiger partial charge is 0.452 e. The van der Waals surface area contributed by atoms with E-state index >= 15 is 0 Å². The van der Waals surface area contributed by atoms with Crippen LogP contribution in [0.1, 0.15) is 34.7 Å². The molecule has 1 unspecified atom stereocenters. The number of benzene rings is 3. The van der Waals surface area contributed by atoms with Crippen LogP contribution in [0.15, 0.2) is 109 Å². The van der Waals surface area contributed by atoms with E-state index in [-0.39, 0.29) is 30.0 Å². The second-order valence-corrected chi connectivity index (χ2v) is 9.29. The van der Waals surface area contributed by atoms with Crippen LogP contribution in [0.2, 0.25) is 0 Å². The van der Waals surface area contributed by atoms with Gasteiger partial charge in [0.25, 0.3) is 0 Å². The van der Waals surface area contributed by atoms with Crippen molar-refractivity contribution in [3.8, 4) is 0 Å². The maximum atomic E-state index is 13.7. The monoisotopic (exact) mass is 483 g/mol. The van der Waals surface area contributed by atoms with Gasteiger partial charge in [-0.3, -0.25) is 14.7 Å². The number of hydrogen-bond donors (Lipinski definition) is 0. The van der Waals surface area contributed by atoms with Crippen LogP contribution in [0.4, 0.5) is 9.18 Å². The minimum Gasteiger partial charge on any atom is -0.452 e. The Morgan fingerprint density at radius 3 is 1.81 bits per heavy atom. The van der Waals surface area contributed by atoms with E-state index in [1.54, 1.807) is 6.20 Å². The molecule has 6 heteroatoms. The SMILES string of the molecule is COC(=O)N1C=CC(c2ccc(F)cc2)C(C2N(C)[C@@H](c3ccccc3)[C@H](c3ccccc3)N2C)=C1. The summed E-state index contributed by atoms with van der Waals surface area (Å²) in [5.74, 6) is -0.406. The quantitative estimate of drug-likeness (QED) is 0.451. The molecule has 3 aromatic rings. The standard InChI is InChI=1S/C30H30FN3O2/c1-32-27(22-10-6-4-7-11-22)28(23-12-8-5-9-13-23)33(2)29(32)26-20-34(30(35)36-3)19-18-25(26)21-14-16-24(31)17-15-21/h4-20,25,27-29H,1-3H3/t25?,27-,28-/m0/s1. The van der Waals surface area contributed by atoms with Gasteiger partial charge in [0.1, 0.15) is 5.82 Å². The van der Waals surface area contributed by atoms with Crippen LogP contribution in [-0.4, -0.2) is 48.2 Å². The fourth-order valence-corrected chi connectivity index (χ4v) is 5.64. The second-order valence-electron chi connectivity index (χ2n) is 9.29. The molecule has 2 aliphatic heterocycles. The Kier molecular flexibility index (Phi) is 6.72. The van der Waals surface area contributed by atoms with Crippen molar-refractivity contribution < 1.29 is 13.9 Å². The molecule has 5 rings (SSSR count). The van der Waals surface area contributed by atoms with E-state index in [1.807, 2.05) is 36.5 Å². The summed E-state index contributed by atoms with van der Waals surface area (Å²) in [5, 5.41) is 0. The number of hydrogen-bond acceptors (Lipinski definition) is 4. The molecule has 36 heavy (non-hydrogen) atoms. The summed E-state index contributed by atoms with van der Waals surface area (Å²) >= 11 is 0. The van der Waals surface area contributed by atoms with Crippen LogP contribution in [0, 0.1) is 5.82 Å². The van der Waals surface area contributed by atoms with E-state index in [4.69, 9.17) is 4.74 Å². The molecule has 0 aliphatic carbocycles. The number of rotatable bonds is 4. The predicted molar refractivity (Wildman–Crippen MR) is 138 cm³/mol. The number of carbonyl (C=O) groups is 1. The maximum Gasteiger partial charge on any atom is 0.417 e. The first-order valence-corrected chi connectivity index (χ1v) is 12.0. The summed E-state index contributed by atoms with van der Waals surface area (Å²) in [6.07, 6.45) is 4.99. The zero-order valence-electron chi connectivity index (χ0n) is 20.7. The Labute approximate surface area is 211 Å². The molecule has 3 aromatic carbocycles. The van der Waals surface area contributed by atoms with E-state index in [9.17, 15) is 9.18 Å². The number of allylic oxidation sites excluding steroid dienone is 1. The summed E-state index contributed by atoms with van der Waals surface area (Å²) in [5.41, 5.74) is 4.42. The normalized spacial score (nSPS) is 23.1. The highest BCUT2D eigenvalue weighted by Gasteiger charge is 2.47. The van der Waals surface area contributed by atoms with Gasteiger partial charge in [-0.25, -0.2) is 9.18 Å². The van der Waals surface area contributed by atoms with Gasteiger partial charge in [0.15, 0.2) is 0 Å². The fraction of sp³-hybridized carbons (Fsp3) is 0.233. The van der Waals surface area contributed by atoms with Crippen molar-refractivity contribution in [2.75, 3.05) is 21.2 Å². The van der Waals surface area contributed by atoms with Gasteiger partial charge in [-0.15, -0.1) is 0 Å². The number of likely N-dealkylation sites (N-methyl/N-ethyl adjacent to an activating group) is 2. The number of halogens is 1. The van der Waals surface area contributed by atoms with Crippen LogP contribution in [0.25, 0.3) is 0 Å². The lowest BCUT2D eigenvalue weighted by molar-refractivity contribution is 0.148. The lowest BCUT2D eigenvalue weighted by atomic mass is 9.87. The molecule has 184 valence electrons. The third-order valence-corrected chi connectivity index (χ3v) is 7.23. The van der Waals surface area contributed by atoms with Gasteiger partial charge in [-0.1, -0.05) is 78.9 Å². The Hall–Kier alpha value is -3.74. The topological polar surface area (TPSA) is 36.0 Å². The van der Waals surface area contributed by atoms with E-state index in [1.165, 1.54) is 35.3 Å². The summed E-state index contributed by atoms with van der Waals surface area (Å²) in [7, 11) is 5.64. The molecule has 3 atom stereocenters. The lowest BCUT2D eigenvalue weighted by Crippen LogP contribution is -2.40. The second kappa shape index (κ2) is 10.1. The smallest absolute Gasteiger partial charge is 0.417 e. The third kappa shape index (κ3) is 4.34. The van der Waals surface area contributed by atoms with Gasteiger partial charge in [-0.2, -0.15) is 0 Å². The maximum absolute atomic E-state index is 13.7. The van der Waals surface area contributed by atoms with Crippen molar-refractivity contribution >= 4 is 6.09 Å². The average Bonchev–Trinajstić information content (AvgIpc) is 3.19. The summed E-state index contributed by atoms with van der Waals surface area (Å²) in [6.45, 7) is 0. The Morgan fingerprint density at radius 1 is 0.778 bits per heavy atom. The van der Waals surface area contributed by atoms with Crippen molar-refractivity contribution in [2.24, 2.45) is 0 Å². The van der Waals surface area contributed by atoms with Crippen LogP contribution in [0.3, 0.4) is 0 Å². The van der Waals surface area contributed by atoms with E-state index < -0.39 is 6.09 Å². The number of methoxy groups -OCH3 is 1. The molecule has 0 saturated carbocycles. The molecular formula is C30H30FN3O2. The van der Waals surface area contributed by atoms with Gasteiger partial charge in [0.05, 0.1) is 25.4 Å². The first-order chi connectivity index (χ1) is 17.5. The minimum atomic E-state index is -0.455. The molecule has 0 spiro atoms. The molecule has 0 radical (unpaired) electrons. The highest BCUT2D eigenvalue weighted by atomic mass is 19.1. The van der Waals surface area contributed by atoms with Crippen molar-refractivity contribution in [2.45, 2.75) is 24.2 Å². The van der Waals surface area contributed by atoms with Crippen molar-refractivity contribution in [1.29, 1.82) is 0 Å². The Balaban J connectivity index is 1.62. The van der Waals surface area contributed by atoms with E-state index in [0.717, 1.165) is 11.1 Å². The van der Waals surface area contributed by atoms with E-state index in [2.05, 4.69) is 72.4 Å². The summed E-state index contributed by atoms with van der Waals surface area (Å²) in [6, 6.07) is 27.8. The number of ether oxygens (including phenoxy) is 1. The summed E-state index contributed by atoms with van der Waals surface area (Å²) < 4.78 is 18.8. The predicted octanol–water partition coefficient (Wildman–Crippen LogP) is 6.07. The molecule has 0 bridgehead atoms. The highest BCUT2D eigenvalue weighted by Crippen LogP contribution is 2.49. The van der Waals surface area contributed by atoms with Crippen LogP contribution >= 0.6 is 0 Å². The van der Waals surface area contributed by atoms with Gasteiger partial charge < -0.3 is 4.74 Å². The molecular weight excluding hydrogens is 453 g/mol. The fourth-order valence-electron chi connectivity index (χ4n) is 5.64. The first kappa shape index (κ1) is 24.0. The van der Waals surface area contributed by atoms with Crippen LogP contribution in [-0.2, 0) is 4.74 Å². The van der Waals surface area contributed by atoms with Crippen LogP contribution in [0.5, 0.6) is 0 Å². The third-order valence-electron chi connectivity index (χ3n) is 7.23. The molecule has 1 fully saturated rings. The van der Waals surface area contributed by atoms with Crippen molar-refractivity contribution in [1.82, 2.24) is 14.7 Å². The Morgan fingerprint density at radius 2 is 1.31 bits per heavy atom. The van der Waals surface area contributed by atoms with Crippen molar-refractivity contribution in [3.05, 3.63) is 131 Å². The van der Waals surface area contributed by atoms with Gasteiger partial charge in [0, 0.05) is 18.3 Å². The molecule has 2 aliphatic rings. The van der Waals surface area contributed by atoms with Crippen molar-refractivity contribution in [3.63, 3.8) is 0 Å². The number of amides is 1. The first-order valence-electron chi connectivity index (χ1n) is 12.0. The molecule has 0 aromatic heterocycles. The molecule has 0 N–H and O–H groups in total. The number of carbonyl (C=O) groups excluding carboxylic acids is 1. The van der Waals surface area contributed by atoms with E-state index in [0.29, 0.717) is 0 Å². The van der Waals surface area contributed by atoms with Gasteiger partial charge in [0.2, 0.25) is 0 Å². The molecule has 1 amide bonds. The minimum absolute atomic E-state index is 0.0795. The zero-order valence-corrected chi connectivity index (χ0v) is 20.7. The highest BCUT2D eigenvalue weighted by molar-refractivity contribution is 5.71. The number of nitrogens with zero attached hydrogens (tertiary/aromatic N) is 3.